The zero-order valence-corrected chi connectivity index (χ0v) is 14.4. The highest BCUT2D eigenvalue weighted by molar-refractivity contribution is 6.07. The van der Waals surface area contributed by atoms with Crippen molar-refractivity contribution in [2.75, 3.05) is 14.2 Å². The molecule has 130 valence electrons. The van der Waals surface area contributed by atoms with Gasteiger partial charge in [-0.1, -0.05) is 24.3 Å². The fraction of sp³-hybridized carbons (Fsp3) is 0.263. The van der Waals surface area contributed by atoms with Gasteiger partial charge < -0.3 is 14.8 Å². The van der Waals surface area contributed by atoms with E-state index >= 15 is 0 Å². The molecule has 25 heavy (non-hydrogen) atoms. The Morgan fingerprint density at radius 1 is 1.00 bits per heavy atom. The van der Waals surface area contributed by atoms with Gasteiger partial charge in [-0.3, -0.25) is 9.69 Å². The Hall–Kier alpha value is -3.02. The Labute approximate surface area is 146 Å². The molecule has 1 fully saturated rings. The number of carbonyl (C=O) groups excluding carboxylic acids is 2. The van der Waals surface area contributed by atoms with Crippen LogP contribution in [0, 0.1) is 0 Å². The summed E-state index contributed by atoms with van der Waals surface area (Å²) in [6.45, 7) is 1.88. The van der Waals surface area contributed by atoms with E-state index in [2.05, 4.69) is 5.32 Å². The minimum absolute atomic E-state index is 0.182. The van der Waals surface area contributed by atoms with Crippen molar-refractivity contribution in [3.63, 3.8) is 0 Å². The summed E-state index contributed by atoms with van der Waals surface area (Å²) in [4.78, 5) is 26.6. The Morgan fingerprint density at radius 3 is 2.32 bits per heavy atom. The number of nitrogens with one attached hydrogen (secondary N) is 1. The molecule has 6 nitrogen and oxygen atoms in total. The lowest BCUT2D eigenvalue weighted by Gasteiger charge is -2.22. The van der Waals surface area contributed by atoms with Crippen LogP contribution < -0.4 is 14.8 Å². The number of hydrogen-bond acceptors (Lipinski definition) is 4. The van der Waals surface area contributed by atoms with E-state index < -0.39 is 11.6 Å². The maximum absolute atomic E-state index is 13.0. The molecule has 6 heteroatoms. The van der Waals surface area contributed by atoms with Crippen molar-refractivity contribution in [2.24, 2.45) is 0 Å². The van der Waals surface area contributed by atoms with Crippen molar-refractivity contribution in [1.82, 2.24) is 10.2 Å². The molecule has 1 N–H and O–H groups in total. The normalized spacial score (nSPS) is 19.7. The second kappa shape index (κ2) is 6.47. The summed E-state index contributed by atoms with van der Waals surface area (Å²) >= 11 is 0. The third-order valence-electron chi connectivity index (χ3n) is 4.40. The summed E-state index contributed by atoms with van der Waals surface area (Å²) in [6, 6.07) is 14.0. The van der Waals surface area contributed by atoms with Gasteiger partial charge in [-0.05, 0) is 42.3 Å². The second-order valence-corrected chi connectivity index (χ2v) is 6.03. The van der Waals surface area contributed by atoms with E-state index in [0.29, 0.717) is 17.1 Å². The van der Waals surface area contributed by atoms with Crippen molar-refractivity contribution in [3.05, 3.63) is 59.7 Å². The van der Waals surface area contributed by atoms with E-state index in [-0.39, 0.29) is 12.5 Å². The van der Waals surface area contributed by atoms with Crippen molar-refractivity contribution >= 4 is 11.9 Å². The van der Waals surface area contributed by atoms with E-state index in [1.165, 1.54) is 4.90 Å². The number of amides is 3. The number of imide groups is 1. The van der Waals surface area contributed by atoms with E-state index in [1.54, 1.807) is 45.4 Å². The molecule has 2 aromatic rings. The molecule has 3 rings (SSSR count). The van der Waals surface area contributed by atoms with Crippen LogP contribution in [0.15, 0.2) is 48.5 Å². The van der Waals surface area contributed by atoms with Gasteiger partial charge >= 0.3 is 6.03 Å². The largest absolute Gasteiger partial charge is 0.497 e. The summed E-state index contributed by atoms with van der Waals surface area (Å²) in [5, 5.41) is 2.80. The zero-order valence-electron chi connectivity index (χ0n) is 14.4. The maximum atomic E-state index is 13.0. The summed E-state index contributed by atoms with van der Waals surface area (Å²) in [7, 11) is 3.14. The van der Waals surface area contributed by atoms with Crippen LogP contribution in [-0.4, -0.2) is 31.1 Å². The SMILES string of the molecule is COc1cccc(CN2C(=O)NC(C)(c3cccc(OC)c3)C2=O)c1. The summed E-state index contributed by atoms with van der Waals surface area (Å²) in [5.74, 6) is 1.01. The van der Waals surface area contributed by atoms with Gasteiger partial charge in [0.25, 0.3) is 5.91 Å². The van der Waals surface area contributed by atoms with Crippen LogP contribution in [0.3, 0.4) is 0 Å². The highest BCUT2D eigenvalue weighted by Crippen LogP contribution is 2.31. The molecular weight excluding hydrogens is 320 g/mol. The third-order valence-corrected chi connectivity index (χ3v) is 4.40. The lowest BCUT2D eigenvalue weighted by Crippen LogP contribution is -2.40. The molecule has 1 heterocycles. The summed E-state index contributed by atoms with van der Waals surface area (Å²) in [6.07, 6.45) is 0. The third kappa shape index (κ3) is 3.03. The molecule has 0 saturated carbocycles. The molecule has 1 saturated heterocycles. The number of benzene rings is 2. The predicted molar refractivity (Wildman–Crippen MR) is 92.4 cm³/mol. The number of methoxy groups -OCH3 is 2. The molecule has 0 radical (unpaired) electrons. The average Bonchev–Trinajstić information content (AvgIpc) is 2.86. The summed E-state index contributed by atoms with van der Waals surface area (Å²) < 4.78 is 10.4. The first-order chi connectivity index (χ1) is 12.0. The van der Waals surface area contributed by atoms with Crippen LogP contribution in [-0.2, 0) is 16.9 Å². The number of hydrogen-bond donors (Lipinski definition) is 1. The van der Waals surface area contributed by atoms with E-state index in [1.807, 2.05) is 24.3 Å². The molecule has 1 unspecified atom stereocenters. The first kappa shape index (κ1) is 16.8. The molecule has 1 aliphatic rings. The number of rotatable bonds is 5. The highest BCUT2D eigenvalue weighted by Gasteiger charge is 2.49. The minimum atomic E-state index is -1.12. The van der Waals surface area contributed by atoms with E-state index in [4.69, 9.17) is 9.47 Å². The van der Waals surface area contributed by atoms with Crippen molar-refractivity contribution in [3.8, 4) is 11.5 Å². The molecule has 0 aromatic heterocycles. The Balaban J connectivity index is 1.88. The molecule has 0 spiro atoms. The van der Waals surface area contributed by atoms with Gasteiger partial charge in [0.1, 0.15) is 17.0 Å². The van der Waals surface area contributed by atoms with Crippen LogP contribution in [0.25, 0.3) is 0 Å². The van der Waals surface area contributed by atoms with Gasteiger partial charge in [0.05, 0.1) is 20.8 Å². The molecular formula is C19H20N2O4. The standard InChI is InChI=1S/C19H20N2O4/c1-19(14-7-5-9-16(11-14)25-3)17(22)21(18(23)20-19)12-13-6-4-8-15(10-13)24-2/h4-11H,12H2,1-3H3,(H,20,23). The quantitative estimate of drug-likeness (QED) is 0.850. The zero-order chi connectivity index (χ0) is 18.0. The van der Waals surface area contributed by atoms with Crippen molar-refractivity contribution in [1.29, 1.82) is 0 Å². The van der Waals surface area contributed by atoms with Crippen LogP contribution in [0.1, 0.15) is 18.1 Å². The molecule has 1 atom stereocenters. The predicted octanol–water partition coefficient (Wildman–Crippen LogP) is 2.67. The van der Waals surface area contributed by atoms with Gasteiger partial charge in [0, 0.05) is 0 Å². The van der Waals surface area contributed by atoms with E-state index in [0.717, 1.165) is 5.56 Å². The van der Waals surface area contributed by atoms with Gasteiger partial charge in [-0.15, -0.1) is 0 Å². The lowest BCUT2D eigenvalue weighted by molar-refractivity contribution is -0.131. The monoisotopic (exact) mass is 340 g/mol. The second-order valence-electron chi connectivity index (χ2n) is 6.03. The van der Waals surface area contributed by atoms with Gasteiger partial charge in [0.2, 0.25) is 0 Å². The number of nitrogens with zero attached hydrogens (tertiary/aromatic N) is 1. The van der Waals surface area contributed by atoms with Gasteiger partial charge in [0.15, 0.2) is 0 Å². The Bertz CT molecular complexity index is 821. The minimum Gasteiger partial charge on any atom is -0.497 e. The maximum Gasteiger partial charge on any atom is 0.325 e. The first-order valence-corrected chi connectivity index (χ1v) is 7.89. The topological polar surface area (TPSA) is 67.9 Å². The first-order valence-electron chi connectivity index (χ1n) is 7.89. The Kier molecular flexibility index (Phi) is 4.35. The van der Waals surface area contributed by atoms with E-state index in [9.17, 15) is 9.59 Å². The van der Waals surface area contributed by atoms with Crippen molar-refractivity contribution < 1.29 is 19.1 Å². The van der Waals surface area contributed by atoms with Gasteiger partial charge in [-0.25, -0.2) is 4.79 Å². The molecule has 2 aromatic carbocycles. The van der Waals surface area contributed by atoms with Crippen LogP contribution in [0.4, 0.5) is 4.79 Å². The molecule has 1 aliphatic heterocycles. The van der Waals surface area contributed by atoms with Crippen LogP contribution in [0.2, 0.25) is 0 Å². The number of ether oxygens (including phenoxy) is 2. The van der Waals surface area contributed by atoms with Gasteiger partial charge in [-0.2, -0.15) is 0 Å². The number of carbonyl (C=O) groups is 2. The molecule has 3 amide bonds. The van der Waals surface area contributed by atoms with Crippen LogP contribution >= 0.6 is 0 Å². The fourth-order valence-corrected chi connectivity index (χ4v) is 2.92. The van der Waals surface area contributed by atoms with Crippen LogP contribution in [0.5, 0.6) is 11.5 Å². The smallest absolute Gasteiger partial charge is 0.325 e. The fourth-order valence-electron chi connectivity index (χ4n) is 2.92. The highest BCUT2D eigenvalue weighted by atomic mass is 16.5. The molecule has 0 bridgehead atoms. The Morgan fingerprint density at radius 2 is 1.64 bits per heavy atom. The summed E-state index contributed by atoms with van der Waals surface area (Å²) in [5.41, 5.74) is 0.376. The lowest BCUT2D eigenvalue weighted by atomic mass is 9.92. The van der Waals surface area contributed by atoms with Crippen molar-refractivity contribution in [2.45, 2.75) is 19.0 Å². The average molecular weight is 340 g/mol. The molecule has 0 aliphatic carbocycles. The number of urea groups is 1.